The third kappa shape index (κ3) is 2.09. The second-order valence-electron chi connectivity index (χ2n) is 8.21. The van der Waals surface area contributed by atoms with E-state index in [1.807, 2.05) is 43.3 Å². The second-order valence-corrected chi connectivity index (χ2v) is 8.62. The molecule has 3 aromatic carbocycles. The van der Waals surface area contributed by atoms with Gasteiger partial charge < -0.3 is 0 Å². The van der Waals surface area contributed by atoms with Crippen LogP contribution in [-0.4, -0.2) is 11.8 Å². The van der Waals surface area contributed by atoms with Gasteiger partial charge in [-0.25, -0.2) is 4.90 Å². The predicted octanol–water partition coefficient (Wildman–Crippen LogP) is 5.05. The maximum absolute atomic E-state index is 13.6. The van der Waals surface area contributed by atoms with Crippen LogP contribution in [0.4, 0.5) is 5.69 Å². The highest BCUT2D eigenvalue weighted by Crippen LogP contribution is 2.61. The summed E-state index contributed by atoms with van der Waals surface area (Å²) < 4.78 is 0. The molecule has 4 aliphatic rings. The number of rotatable bonds is 1. The first-order valence-electron chi connectivity index (χ1n) is 9.89. The number of aryl methyl sites for hydroxylation is 1. The fraction of sp³-hybridized carbons (Fsp3) is 0.200. The van der Waals surface area contributed by atoms with Crippen molar-refractivity contribution in [3.63, 3.8) is 0 Å². The molecule has 2 bridgehead atoms. The number of anilines is 1. The van der Waals surface area contributed by atoms with Gasteiger partial charge in [-0.1, -0.05) is 66.2 Å². The van der Waals surface area contributed by atoms with E-state index in [1.165, 1.54) is 27.2 Å². The molecule has 4 heteroatoms. The molecule has 0 unspecified atom stereocenters. The van der Waals surface area contributed by atoms with Crippen molar-refractivity contribution in [2.45, 2.75) is 18.8 Å². The molecule has 2 atom stereocenters. The number of hydrogen-bond donors (Lipinski definition) is 0. The summed E-state index contributed by atoms with van der Waals surface area (Å²) in [5, 5.41) is 0.563. The van der Waals surface area contributed by atoms with Crippen LogP contribution in [0.5, 0.6) is 0 Å². The lowest BCUT2D eigenvalue weighted by molar-refractivity contribution is -0.122. The van der Waals surface area contributed by atoms with Crippen LogP contribution in [-0.2, 0) is 9.59 Å². The summed E-state index contributed by atoms with van der Waals surface area (Å²) in [6.07, 6.45) is 0. The van der Waals surface area contributed by atoms with E-state index in [2.05, 4.69) is 24.3 Å². The lowest BCUT2D eigenvalue weighted by atomic mass is 9.55. The summed E-state index contributed by atoms with van der Waals surface area (Å²) in [5.74, 6) is -1.12. The maximum atomic E-state index is 13.6. The van der Waals surface area contributed by atoms with Gasteiger partial charge in [0.2, 0.25) is 11.8 Å². The van der Waals surface area contributed by atoms with Crippen molar-refractivity contribution in [1.82, 2.24) is 0 Å². The summed E-state index contributed by atoms with van der Waals surface area (Å²) in [7, 11) is 0. The Hall–Kier alpha value is -2.91. The quantitative estimate of drug-likeness (QED) is 0.537. The molecule has 142 valence electrons. The molecule has 0 radical (unpaired) electrons. The highest BCUT2D eigenvalue weighted by atomic mass is 35.5. The molecular weight excluding hydrogens is 382 g/mol. The minimum absolute atomic E-state index is 0.0835. The number of amides is 2. The van der Waals surface area contributed by atoms with Crippen molar-refractivity contribution in [1.29, 1.82) is 0 Å². The molecule has 1 saturated heterocycles. The SMILES string of the molecule is Cc1ccc(N2C(=O)[C@@H]3C4c5ccccc5C(c5ccccc54)[C@@H]3C2=O)cc1Cl. The average molecular weight is 400 g/mol. The highest BCUT2D eigenvalue weighted by molar-refractivity contribution is 6.32. The van der Waals surface area contributed by atoms with Crippen molar-refractivity contribution in [2.24, 2.45) is 11.8 Å². The zero-order valence-corrected chi connectivity index (χ0v) is 16.6. The van der Waals surface area contributed by atoms with Crippen LogP contribution < -0.4 is 4.90 Å². The Morgan fingerprint density at radius 3 is 1.59 bits per heavy atom. The van der Waals surface area contributed by atoms with Gasteiger partial charge in [0.1, 0.15) is 0 Å². The van der Waals surface area contributed by atoms with Crippen LogP contribution in [0, 0.1) is 18.8 Å². The summed E-state index contributed by atoms with van der Waals surface area (Å²) in [6, 6.07) is 22.0. The zero-order valence-electron chi connectivity index (χ0n) is 15.8. The zero-order chi connectivity index (χ0) is 19.9. The molecule has 1 aliphatic heterocycles. The Morgan fingerprint density at radius 2 is 1.17 bits per heavy atom. The van der Waals surface area contributed by atoms with Crippen LogP contribution in [0.1, 0.15) is 39.7 Å². The van der Waals surface area contributed by atoms with Gasteiger partial charge in [0.15, 0.2) is 0 Å². The molecule has 1 heterocycles. The van der Waals surface area contributed by atoms with Gasteiger partial charge in [-0.3, -0.25) is 9.59 Å². The van der Waals surface area contributed by atoms with Crippen LogP contribution in [0.2, 0.25) is 5.02 Å². The molecule has 0 N–H and O–H groups in total. The minimum Gasteiger partial charge on any atom is -0.274 e. The Morgan fingerprint density at radius 1 is 0.724 bits per heavy atom. The molecule has 1 fully saturated rings. The standard InChI is InChI=1S/C25H18ClNO2/c1-13-10-11-14(12-19(13)26)27-24(28)22-20-15-6-2-3-7-16(15)21(23(22)25(27)29)18-9-5-4-8-17(18)20/h2-12,20-23H,1H3/t20?,21?,22-,23+. The van der Waals surface area contributed by atoms with E-state index in [-0.39, 0.29) is 35.5 Å². The van der Waals surface area contributed by atoms with Crippen LogP contribution >= 0.6 is 11.6 Å². The fourth-order valence-corrected chi connectivity index (χ4v) is 5.83. The smallest absolute Gasteiger partial charge is 0.238 e. The Bertz CT molecular complexity index is 1100. The van der Waals surface area contributed by atoms with E-state index < -0.39 is 0 Å². The first kappa shape index (κ1) is 17.0. The molecule has 3 aliphatic carbocycles. The molecule has 7 rings (SSSR count). The monoisotopic (exact) mass is 399 g/mol. The Kier molecular flexibility index (Phi) is 3.40. The molecule has 0 saturated carbocycles. The molecule has 0 spiro atoms. The van der Waals surface area contributed by atoms with E-state index in [1.54, 1.807) is 6.07 Å². The molecule has 3 aromatic rings. The summed E-state index contributed by atoms with van der Waals surface area (Å²) >= 11 is 6.31. The Labute approximate surface area is 173 Å². The molecule has 29 heavy (non-hydrogen) atoms. The lowest BCUT2D eigenvalue weighted by Crippen LogP contribution is -2.41. The van der Waals surface area contributed by atoms with Gasteiger partial charge >= 0.3 is 0 Å². The number of carbonyl (C=O) groups excluding carboxylic acids is 2. The van der Waals surface area contributed by atoms with Crippen LogP contribution in [0.3, 0.4) is 0 Å². The van der Waals surface area contributed by atoms with Crippen molar-refractivity contribution >= 4 is 29.1 Å². The largest absolute Gasteiger partial charge is 0.274 e. The molecule has 2 amide bonds. The highest BCUT2D eigenvalue weighted by Gasteiger charge is 2.61. The normalized spacial score (nSPS) is 26.3. The first-order chi connectivity index (χ1) is 14.1. The van der Waals surface area contributed by atoms with Gasteiger partial charge in [-0.2, -0.15) is 0 Å². The number of imide groups is 1. The van der Waals surface area contributed by atoms with Crippen molar-refractivity contribution in [3.8, 4) is 0 Å². The number of hydrogen-bond acceptors (Lipinski definition) is 2. The third-order valence-corrected chi connectivity index (χ3v) is 7.27. The average Bonchev–Trinajstić information content (AvgIpc) is 3.01. The van der Waals surface area contributed by atoms with Gasteiger partial charge in [0.05, 0.1) is 17.5 Å². The van der Waals surface area contributed by atoms with Gasteiger partial charge in [-0.05, 0) is 46.9 Å². The van der Waals surface area contributed by atoms with Crippen molar-refractivity contribution in [3.05, 3.63) is 99.6 Å². The molecule has 0 aromatic heterocycles. The number of nitrogens with zero attached hydrogens (tertiary/aromatic N) is 1. The summed E-state index contributed by atoms with van der Waals surface area (Å²) in [5.41, 5.74) is 6.22. The van der Waals surface area contributed by atoms with Crippen LogP contribution in [0.15, 0.2) is 66.7 Å². The number of halogens is 1. The fourth-order valence-electron chi connectivity index (χ4n) is 5.65. The number of benzene rings is 3. The number of carbonyl (C=O) groups is 2. The van der Waals surface area contributed by atoms with E-state index in [0.717, 1.165) is 5.56 Å². The second kappa shape index (κ2) is 5.80. The van der Waals surface area contributed by atoms with Gasteiger partial charge in [0.25, 0.3) is 0 Å². The van der Waals surface area contributed by atoms with E-state index in [0.29, 0.717) is 10.7 Å². The topological polar surface area (TPSA) is 37.4 Å². The summed E-state index contributed by atoms with van der Waals surface area (Å²) in [6.45, 7) is 1.91. The maximum Gasteiger partial charge on any atom is 0.238 e. The van der Waals surface area contributed by atoms with Gasteiger partial charge in [-0.15, -0.1) is 0 Å². The van der Waals surface area contributed by atoms with Crippen molar-refractivity contribution < 1.29 is 9.59 Å². The first-order valence-corrected chi connectivity index (χ1v) is 10.3. The van der Waals surface area contributed by atoms with E-state index >= 15 is 0 Å². The van der Waals surface area contributed by atoms with Gasteiger partial charge in [0, 0.05) is 16.9 Å². The summed E-state index contributed by atoms with van der Waals surface area (Å²) in [4.78, 5) is 28.6. The van der Waals surface area contributed by atoms with E-state index in [9.17, 15) is 9.59 Å². The molecule has 3 nitrogen and oxygen atoms in total. The third-order valence-electron chi connectivity index (χ3n) is 6.86. The lowest BCUT2D eigenvalue weighted by Gasteiger charge is -2.45. The van der Waals surface area contributed by atoms with Crippen molar-refractivity contribution in [2.75, 3.05) is 4.90 Å². The molecular formula is C25H18ClNO2. The van der Waals surface area contributed by atoms with E-state index in [4.69, 9.17) is 11.6 Å². The minimum atomic E-state index is -0.364. The Balaban J connectivity index is 1.56. The van der Waals surface area contributed by atoms with Crippen LogP contribution in [0.25, 0.3) is 0 Å². The predicted molar refractivity (Wildman–Crippen MR) is 112 cm³/mol.